The van der Waals surface area contributed by atoms with Crippen LogP contribution in [0.4, 0.5) is 0 Å². The van der Waals surface area contributed by atoms with E-state index in [1.54, 1.807) is 0 Å². The summed E-state index contributed by atoms with van der Waals surface area (Å²) in [7, 11) is -2.72. The Hall–Kier alpha value is -3.91. The Morgan fingerprint density at radius 3 is 2.26 bits per heavy atom. The maximum Gasteiger partial charge on any atom is 0.311 e. The van der Waals surface area contributed by atoms with Crippen LogP contribution in [-0.2, 0) is 21.7 Å². The molecular formula is C23H19N3O4S. The molecule has 1 unspecified atom stereocenters. The van der Waals surface area contributed by atoms with Gasteiger partial charge in [0.15, 0.2) is 0 Å². The van der Waals surface area contributed by atoms with E-state index in [2.05, 4.69) is 4.36 Å². The van der Waals surface area contributed by atoms with E-state index >= 15 is 0 Å². The minimum atomic E-state index is -2.72. The van der Waals surface area contributed by atoms with Gasteiger partial charge in [-0.3, -0.25) is 4.79 Å². The molecule has 0 fully saturated rings. The summed E-state index contributed by atoms with van der Waals surface area (Å²) < 4.78 is 33.2. The third-order valence-corrected chi connectivity index (χ3v) is 5.27. The van der Waals surface area contributed by atoms with Gasteiger partial charge in [-0.05, 0) is 48.0 Å². The summed E-state index contributed by atoms with van der Waals surface area (Å²) in [6.45, 7) is 0. The van der Waals surface area contributed by atoms with Gasteiger partial charge >= 0.3 is 10.5 Å². The van der Waals surface area contributed by atoms with Gasteiger partial charge in [0.25, 0.3) is 0 Å². The molecule has 1 heterocycles. The molecule has 0 spiro atoms. The third-order valence-electron chi connectivity index (χ3n) is 4.84. The van der Waals surface area contributed by atoms with Crippen molar-refractivity contribution in [2.24, 2.45) is 10.1 Å². The molecule has 1 atom stereocenters. The van der Waals surface area contributed by atoms with E-state index < -0.39 is 22.4 Å². The first-order valence-corrected chi connectivity index (χ1v) is 10.6. The summed E-state index contributed by atoms with van der Waals surface area (Å²) in [4.78, 5) is 11.7. The van der Waals surface area contributed by atoms with Gasteiger partial charge < -0.3 is 15.0 Å². The van der Waals surface area contributed by atoms with Crippen molar-refractivity contribution in [1.29, 1.82) is 0 Å². The lowest BCUT2D eigenvalue weighted by atomic mass is 10.1. The Morgan fingerprint density at radius 2 is 1.58 bits per heavy atom. The minimum Gasteiger partial charge on any atom is -0.457 e. The van der Waals surface area contributed by atoms with Crippen LogP contribution in [-0.4, -0.2) is 24.9 Å². The number of amides is 1. The molecule has 0 aliphatic carbocycles. The predicted molar refractivity (Wildman–Crippen MR) is 118 cm³/mol. The Labute approximate surface area is 180 Å². The van der Waals surface area contributed by atoms with E-state index in [1.165, 1.54) is 0 Å². The van der Waals surface area contributed by atoms with Crippen LogP contribution in [0.3, 0.4) is 0 Å². The second-order valence-electron chi connectivity index (χ2n) is 6.90. The van der Waals surface area contributed by atoms with Crippen molar-refractivity contribution < 1.29 is 17.9 Å². The van der Waals surface area contributed by atoms with E-state index in [-0.39, 0.29) is 6.42 Å². The van der Waals surface area contributed by atoms with Gasteiger partial charge in [0, 0.05) is 23.7 Å². The van der Waals surface area contributed by atoms with E-state index in [1.807, 2.05) is 89.6 Å². The second-order valence-corrected chi connectivity index (χ2v) is 7.54. The summed E-state index contributed by atoms with van der Waals surface area (Å²) in [5, 5.41) is 0.894. The monoisotopic (exact) mass is 433 g/mol. The number of carbonyl (C=O) groups is 1. The van der Waals surface area contributed by atoms with Crippen molar-refractivity contribution in [2.45, 2.75) is 12.5 Å². The molecule has 156 valence electrons. The second kappa shape index (κ2) is 8.85. The van der Waals surface area contributed by atoms with Gasteiger partial charge in [0.2, 0.25) is 5.91 Å². The molecule has 0 radical (unpaired) electrons. The van der Waals surface area contributed by atoms with Gasteiger partial charge in [-0.15, -0.1) is 0 Å². The molecule has 3 aromatic carbocycles. The zero-order valence-electron chi connectivity index (χ0n) is 16.4. The van der Waals surface area contributed by atoms with Crippen molar-refractivity contribution in [1.82, 2.24) is 4.57 Å². The predicted octanol–water partition coefficient (Wildman–Crippen LogP) is 3.88. The molecule has 7 nitrogen and oxygen atoms in total. The van der Waals surface area contributed by atoms with Crippen molar-refractivity contribution >= 4 is 27.3 Å². The minimum absolute atomic E-state index is 0.0893. The summed E-state index contributed by atoms with van der Waals surface area (Å²) in [6.07, 6.45) is 1.96. The number of benzene rings is 3. The average Bonchev–Trinajstić information content (AvgIpc) is 3.13. The molecule has 8 heteroatoms. The van der Waals surface area contributed by atoms with Crippen molar-refractivity contribution in [3.8, 4) is 17.2 Å². The third kappa shape index (κ3) is 4.65. The number of nitrogens with zero attached hydrogens (tertiary/aromatic N) is 2. The van der Waals surface area contributed by atoms with Crippen LogP contribution in [0.5, 0.6) is 11.5 Å². The standard InChI is InChI=1S/C23H19N3O4S/c24-23(27)21(25-31(28)29)14-16-15-26(22-9-5-4-8-20(16)22)17-10-12-19(13-11-17)30-18-6-2-1-3-7-18/h1-13,15,21H,14H2,(H2,24,27). The number of nitrogens with two attached hydrogens (primary N) is 1. The number of carbonyl (C=O) groups excluding carboxylic acids is 1. The van der Waals surface area contributed by atoms with Gasteiger partial charge in [0.1, 0.15) is 17.5 Å². The van der Waals surface area contributed by atoms with Crippen LogP contribution in [0.25, 0.3) is 16.6 Å². The quantitative estimate of drug-likeness (QED) is 0.477. The van der Waals surface area contributed by atoms with Crippen LogP contribution >= 0.6 is 0 Å². The van der Waals surface area contributed by atoms with E-state index in [4.69, 9.17) is 10.5 Å². The van der Waals surface area contributed by atoms with E-state index in [0.717, 1.165) is 27.9 Å². The Kier molecular flexibility index (Phi) is 5.81. The van der Waals surface area contributed by atoms with Gasteiger partial charge in [0.05, 0.1) is 5.52 Å². The molecule has 4 rings (SSSR count). The molecule has 0 aliphatic heterocycles. The lowest BCUT2D eigenvalue weighted by Crippen LogP contribution is -2.28. The largest absolute Gasteiger partial charge is 0.457 e. The van der Waals surface area contributed by atoms with Crippen LogP contribution in [0, 0.1) is 0 Å². The number of primary amides is 1. The Morgan fingerprint density at radius 1 is 0.935 bits per heavy atom. The van der Waals surface area contributed by atoms with Gasteiger partial charge in [-0.2, -0.15) is 12.8 Å². The lowest BCUT2D eigenvalue weighted by molar-refractivity contribution is -0.119. The lowest BCUT2D eigenvalue weighted by Gasteiger charge is -2.08. The maximum absolute atomic E-state index is 11.7. The van der Waals surface area contributed by atoms with Gasteiger partial charge in [-0.25, -0.2) is 0 Å². The fourth-order valence-electron chi connectivity index (χ4n) is 3.43. The normalized spacial score (nSPS) is 11.7. The van der Waals surface area contributed by atoms with E-state index in [0.29, 0.717) is 5.75 Å². The molecule has 2 N–H and O–H groups in total. The summed E-state index contributed by atoms with van der Waals surface area (Å²) in [5.41, 5.74) is 7.93. The fourth-order valence-corrected chi connectivity index (χ4v) is 3.81. The summed E-state index contributed by atoms with van der Waals surface area (Å²) >= 11 is 0. The molecule has 0 saturated heterocycles. The molecule has 0 bridgehead atoms. The SMILES string of the molecule is NC(=O)C(Cc1cn(-c2ccc(Oc3ccccc3)cc2)c2ccccc12)N=S(=O)=O. The number of rotatable bonds is 7. The number of para-hydroxylation sites is 2. The average molecular weight is 433 g/mol. The van der Waals surface area contributed by atoms with E-state index in [9.17, 15) is 13.2 Å². The zero-order chi connectivity index (χ0) is 21.8. The summed E-state index contributed by atoms with van der Waals surface area (Å²) in [5.74, 6) is 0.668. The molecule has 1 amide bonds. The number of hydrogen-bond acceptors (Lipinski definition) is 5. The maximum atomic E-state index is 11.7. The molecule has 4 aromatic rings. The van der Waals surface area contributed by atoms with Crippen LogP contribution in [0.15, 0.2) is 89.4 Å². The number of fused-ring (bicyclic) bond motifs is 1. The van der Waals surface area contributed by atoms with Crippen molar-refractivity contribution in [2.75, 3.05) is 0 Å². The molecule has 1 aromatic heterocycles. The van der Waals surface area contributed by atoms with Crippen molar-refractivity contribution in [3.05, 3.63) is 90.6 Å². The Balaban J connectivity index is 1.68. The van der Waals surface area contributed by atoms with Crippen LogP contribution in [0.2, 0.25) is 0 Å². The first-order chi connectivity index (χ1) is 15.0. The highest BCUT2D eigenvalue weighted by Crippen LogP contribution is 2.28. The molecule has 31 heavy (non-hydrogen) atoms. The van der Waals surface area contributed by atoms with Crippen LogP contribution in [0.1, 0.15) is 5.56 Å². The molecule has 0 saturated carbocycles. The first-order valence-electron chi connectivity index (χ1n) is 9.53. The smallest absolute Gasteiger partial charge is 0.311 e. The highest BCUT2D eigenvalue weighted by molar-refractivity contribution is 7.61. The number of ether oxygens (including phenoxy) is 1. The highest BCUT2D eigenvalue weighted by atomic mass is 32.2. The topological polar surface area (TPSA) is 104 Å². The van der Waals surface area contributed by atoms with Gasteiger partial charge in [-0.1, -0.05) is 36.4 Å². The zero-order valence-corrected chi connectivity index (χ0v) is 17.2. The van der Waals surface area contributed by atoms with Crippen molar-refractivity contribution in [3.63, 3.8) is 0 Å². The Bertz CT molecular complexity index is 1350. The number of aromatic nitrogens is 1. The fraction of sp³-hybridized carbons (Fsp3) is 0.0870. The van der Waals surface area contributed by atoms with Crippen LogP contribution < -0.4 is 10.5 Å². The molecule has 0 aliphatic rings. The summed E-state index contributed by atoms with van der Waals surface area (Å²) in [6, 6.07) is 23.6. The highest BCUT2D eigenvalue weighted by Gasteiger charge is 2.19. The number of hydrogen-bond donors (Lipinski definition) is 1. The molecular weight excluding hydrogens is 414 g/mol. The first kappa shape index (κ1) is 20.4.